The lowest BCUT2D eigenvalue weighted by atomic mass is 10.0. The van der Waals surface area contributed by atoms with Crippen molar-refractivity contribution in [1.82, 2.24) is 10.4 Å². The number of hydrogen-bond acceptors (Lipinski definition) is 8. The van der Waals surface area contributed by atoms with Crippen LogP contribution in [0.3, 0.4) is 0 Å². The van der Waals surface area contributed by atoms with Gasteiger partial charge in [0.05, 0.1) is 13.2 Å². The summed E-state index contributed by atoms with van der Waals surface area (Å²) < 4.78 is 15.0. The van der Waals surface area contributed by atoms with Crippen molar-refractivity contribution in [2.24, 2.45) is 5.73 Å². The predicted octanol–water partition coefficient (Wildman–Crippen LogP) is 1.54. The largest absolute Gasteiger partial charge is 0.514 e. The second-order valence-corrected chi connectivity index (χ2v) is 7.86. The molecule has 9 nitrogen and oxygen atoms in total. The van der Waals surface area contributed by atoms with Crippen LogP contribution in [0.5, 0.6) is 5.75 Å². The molecule has 1 aromatic rings. The van der Waals surface area contributed by atoms with Crippen molar-refractivity contribution in [3.05, 3.63) is 29.8 Å². The quantitative estimate of drug-likeness (QED) is 0.557. The number of esters is 1. The standard InChI is InChI=1S/C20H29N3O6/c1-20(2,3)29-19(26)28-14-8-5-7-13(11-14)12-15(21)17(24)23-10-6-9-16(22-23)18(25)27-4/h5,7-8,11,15-16,22H,6,9-10,12,21H2,1-4H3/t15-,16-/m0/s1. The Morgan fingerprint density at radius 1 is 1.31 bits per heavy atom. The molecular weight excluding hydrogens is 378 g/mol. The summed E-state index contributed by atoms with van der Waals surface area (Å²) in [5.74, 6) is -0.432. The molecule has 160 valence electrons. The summed E-state index contributed by atoms with van der Waals surface area (Å²) in [7, 11) is 1.31. The highest BCUT2D eigenvalue weighted by atomic mass is 16.7. The van der Waals surface area contributed by atoms with E-state index in [9.17, 15) is 14.4 Å². The third-order valence-electron chi connectivity index (χ3n) is 4.20. The van der Waals surface area contributed by atoms with Crippen LogP contribution >= 0.6 is 0 Å². The molecule has 9 heteroatoms. The van der Waals surface area contributed by atoms with Crippen molar-refractivity contribution >= 4 is 18.0 Å². The average molecular weight is 407 g/mol. The maximum absolute atomic E-state index is 12.7. The van der Waals surface area contributed by atoms with Gasteiger partial charge in [-0.25, -0.2) is 10.2 Å². The summed E-state index contributed by atoms with van der Waals surface area (Å²) in [4.78, 5) is 36.2. The molecule has 1 aromatic carbocycles. The normalized spacial score (nSPS) is 18.0. The summed E-state index contributed by atoms with van der Waals surface area (Å²) in [5, 5.41) is 1.37. The number of nitrogens with two attached hydrogens (primary N) is 1. The minimum absolute atomic E-state index is 0.241. The molecule has 2 rings (SSSR count). The van der Waals surface area contributed by atoms with Crippen molar-refractivity contribution in [3.63, 3.8) is 0 Å². The van der Waals surface area contributed by atoms with Gasteiger partial charge >= 0.3 is 12.1 Å². The SMILES string of the molecule is COC(=O)[C@@H]1CCCN(C(=O)[C@@H](N)Cc2cccc(OC(=O)OC(C)(C)C)c2)N1. The number of carbonyl (C=O) groups is 3. The lowest BCUT2D eigenvalue weighted by Gasteiger charge is -2.33. The predicted molar refractivity (Wildman–Crippen MR) is 105 cm³/mol. The monoisotopic (exact) mass is 407 g/mol. The van der Waals surface area contributed by atoms with Gasteiger partial charge in [0.15, 0.2) is 0 Å². The molecule has 0 unspecified atom stereocenters. The van der Waals surface area contributed by atoms with Crippen molar-refractivity contribution in [2.45, 2.75) is 57.7 Å². The first kappa shape index (κ1) is 22.6. The second kappa shape index (κ2) is 9.71. The van der Waals surface area contributed by atoms with Gasteiger partial charge in [-0.05, 0) is 57.7 Å². The van der Waals surface area contributed by atoms with Gasteiger partial charge in [-0.3, -0.25) is 14.6 Å². The van der Waals surface area contributed by atoms with Crippen LogP contribution < -0.4 is 15.9 Å². The van der Waals surface area contributed by atoms with Gasteiger partial charge in [-0.1, -0.05) is 12.1 Å². The van der Waals surface area contributed by atoms with Gasteiger partial charge in [0.2, 0.25) is 0 Å². The molecule has 1 aliphatic rings. The third kappa shape index (κ3) is 7.03. The number of methoxy groups -OCH3 is 1. The lowest BCUT2D eigenvalue weighted by molar-refractivity contribution is -0.149. The van der Waals surface area contributed by atoms with Gasteiger partial charge in [-0.2, -0.15) is 0 Å². The topological polar surface area (TPSA) is 120 Å². The van der Waals surface area contributed by atoms with E-state index in [0.717, 1.165) is 5.56 Å². The molecule has 29 heavy (non-hydrogen) atoms. The third-order valence-corrected chi connectivity index (χ3v) is 4.20. The van der Waals surface area contributed by atoms with E-state index in [4.69, 9.17) is 19.9 Å². The van der Waals surface area contributed by atoms with E-state index in [-0.39, 0.29) is 12.3 Å². The highest BCUT2D eigenvalue weighted by molar-refractivity contribution is 5.83. The Morgan fingerprint density at radius 2 is 2.03 bits per heavy atom. The minimum atomic E-state index is -0.823. The average Bonchev–Trinajstić information content (AvgIpc) is 2.65. The van der Waals surface area contributed by atoms with Crippen LogP contribution in [0.2, 0.25) is 0 Å². The molecule has 1 fully saturated rings. The van der Waals surface area contributed by atoms with E-state index in [2.05, 4.69) is 5.43 Å². The van der Waals surface area contributed by atoms with Crippen molar-refractivity contribution < 1.29 is 28.6 Å². The zero-order valence-corrected chi connectivity index (χ0v) is 17.3. The number of ether oxygens (including phenoxy) is 3. The highest BCUT2D eigenvalue weighted by Crippen LogP contribution is 2.18. The minimum Gasteiger partial charge on any atom is -0.468 e. The Bertz CT molecular complexity index is 746. The summed E-state index contributed by atoms with van der Waals surface area (Å²) in [5.41, 5.74) is 9.03. The maximum atomic E-state index is 12.7. The Hall–Kier alpha value is -2.65. The van der Waals surface area contributed by atoms with Crippen LogP contribution in [-0.4, -0.2) is 54.4 Å². The molecule has 0 spiro atoms. The van der Waals surface area contributed by atoms with Crippen LogP contribution in [0, 0.1) is 0 Å². The number of rotatable bonds is 5. The highest BCUT2D eigenvalue weighted by Gasteiger charge is 2.30. The first-order valence-corrected chi connectivity index (χ1v) is 9.50. The summed E-state index contributed by atoms with van der Waals surface area (Å²) in [6, 6.07) is 5.37. The van der Waals surface area contributed by atoms with Crippen LogP contribution in [0.1, 0.15) is 39.2 Å². The van der Waals surface area contributed by atoms with Gasteiger partial charge in [-0.15, -0.1) is 0 Å². The smallest absolute Gasteiger partial charge is 0.468 e. The maximum Gasteiger partial charge on any atom is 0.514 e. The molecule has 1 saturated heterocycles. The molecule has 1 aliphatic heterocycles. The van der Waals surface area contributed by atoms with Crippen LogP contribution in [0.25, 0.3) is 0 Å². The number of nitrogens with one attached hydrogen (secondary N) is 1. The molecule has 0 aromatic heterocycles. The molecule has 2 atom stereocenters. The zero-order valence-electron chi connectivity index (χ0n) is 17.3. The number of hydrazine groups is 1. The fourth-order valence-electron chi connectivity index (χ4n) is 2.90. The molecule has 1 amide bonds. The molecular formula is C20H29N3O6. The van der Waals surface area contributed by atoms with E-state index in [1.807, 2.05) is 0 Å². The number of carbonyl (C=O) groups excluding carboxylic acids is 3. The van der Waals surface area contributed by atoms with Gasteiger partial charge < -0.3 is 19.9 Å². The fourth-order valence-corrected chi connectivity index (χ4v) is 2.90. The lowest BCUT2D eigenvalue weighted by Crippen LogP contribution is -2.59. The molecule has 3 N–H and O–H groups in total. The van der Waals surface area contributed by atoms with Gasteiger partial charge in [0.25, 0.3) is 5.91 Å². The fraction of sp³-hybridized carbons (Fsp3) is 0.550. The molecule has 0 aliphatic carbocycles. The van der Waals surface area contributed by atoms with Crippen molar-refractivity contribution in [3.8, 4) is 5.75 Å². The summed E-state index contributed by atoms with van der Waals surface area (Å²) in [6.45, 7) is 5.69. The first-order chi connectivity index (χ1) is 13.6. The molecule has 0 saturated carbocycles. The Kier molecular flexibility index (Phi) is 7.58. The molecule has 1 heterocycles. The van der Waals surface area contributed by atoms with E-state index in [1.165, 1.54) is 12.1 Å². The van der Waals surface area contributed by atoms with E-state index < -0.39 is 29.8 Å². The zero-order chi connectivity index (χ0) is 21.6. The first-order valence-electron chi connectivity index (χ1n) is 9.50. The summed E-state index contributed by atoms with van der Waals surface area (Å²) >= 11 is 0. The number of benzene rings is 1. The number of nitrogens with zero attached hydrogens (tertiary/aromatic N) is 1. The van der Waals surface area contributed by atoms with Gasteiger partial charge in [0, 0.05) is 6.54 Å². The van der Waals surface area contributed by atoms with Crippen LogP contribution in [-0.2, 0) is 25.5 Å². The summed E-state index contributed by atoms with van der Waals surface area (Å²) in [6.07, 6.45) is 0.701. The number of hydrogen-bond donors (Lipinski definition) is 2. The number of amides is 1. The van der Waals surface area contributed by atoms with E-state index >= 15 is 0 Å². The Labute approximate surface area is 170 Å². The van der Waals surface area contributed by atoms with E-state index in [1.54, 1.807) is 45.0 Å². The van der Waals surface area contributed by atoms with Crippen molar-refractivity contribution in [1.29, 1.82) is 0 Å². The van der Waals surface area contributed by atoms with Gasteiger partial charge in [0.1, 0.15) is 17.4 Å². The Balaban J connectivity index is 1.96. The second-order valence-electron chi connectivity index (χ2n) is 7.86. The Morgan fingerprint density at radius 3 is 2.69 bits per heavy atom. The van der Waals surface area contributed by atoms with E-state index in [0.29, 0.717) is 25.1 Å². The molecule has 0 bridgehead atoms. The van der Waals surface area contributed by atoms with Crippen LogP contribution in [0.4, 0.5) is 4.79 Å². The van der Waals surface area contributed by atoms with Crippen molar-refractivity contribution in [2.75, 3.05) is 13.7 Å². The molecule has 0 radical (unpaired) electrons. The van der Waals surface area contributed by atoms with Crippen LogP contribution in [0.15, 0.2) is 24.3 Å².